The summed E-state index contributed by atoms with van der Waals surface area (Å²) < 4.78 is 31.4. The highest BCUT2D eigenvalue weighted by molar-refractivity contribution is 7.92. The second kappa shape index (κ2) is 6.11. The Morgan fingerprint density at radius 3 is 2.76 bits per heavy atom. The van der Waals surface area contributed by atoms with E-state index in [-0.39, 0.29) is 21.2 Å². The van der Waals surface area contributed by atoms with Gasteiger partial charge in [-0.25, -0.2) is 13.2 Å². The maximum absolute atomic E-state index is 12.3. The molecule has 1 heterocycles. The number of esters is 1. The quantitative estimate of drug-likeness (QED) is 0.871. The van der Waals surface area contributed by atoms with Crippen LogP contribution in [0.3, 0.4) is 0 Å². The predicted octanol–water partition coefficient (Wildman–Crippen LogP) is 2.32. The van der Waals surface area contributed by atoms with E-state index in [4.69, 9.17) is 11.6 Å². The molecule has 2 aromatic rings. The van der Waals surface area contributed by atoms with Crippen molar-refractivity contribution in [3.8, 4) is 0 Å². The van der Waals surface area contributed by atoms with Gasteiger partial charge in [-0.1, -0.05) is 17.7 Å². The SMILES string of the molecule is COC(=O)c1cccc(S(=O)(=O)Nc2cnccc2Cl)c1. The fourth-order valence-electron chi connectivity index (χ4n) is 1.56. The summed E-state index contributed by atoms with van der Waals surface area (Å²) in [6.45, 7) is 0. The van der Waals surface area contributed by atoms with Crippen LogP contribution in [0.5, 0.6) is 0 Å². The molecule has 0 saturated heterocycles. The number of nitrogens with zero attached hydrogens (tertiary/aromatic N) is 1. The summed E-state index contributed by atoms with van der Waals surface area (Å²) >= 11 is 5.88. The highest BCUT2D eigenvalue weighted by Crippen LogP contribution is 2.23. The largest absolute Gasteiger partial charge is 0.465 e. The number of carbonyl (C=O) groups excluding carboxylic acids is 1. The van der Waals surface area contributed by atoms with E-state index in [2.05, 4.69) is 14.4 Å². The van der Waals surface area contributed by atoms with Crippen LogP contribution in [0.15, 0.2) is 47.6 Å². The van der Waals surface area contributed by atoms with E-state index in [0.717, 1.165) is 0 Å². The first-order valence-corrected chi connectivity index (χ1v) is 7.61. The summed E-state index contributed by atoms with van der Waals surface area (Å²) in [5, 5.41) is 0.220. The number of carbonyl (C=O) groups is 1. The average Bonchev–Trinajstić information content (AvgIpc) is 2.49. The lowest BCUT2D eigenvalue weighted by molar-refractivity contribution is 0.0600. The number of hydrogen-bond donors (Lipinski definition) is 1. The third-order valence-corrected chi connectivity index (χ3v) is 4.27. The van der Waals surface area contributed by atoms with Gasteiger partial charge in [-0.15, -0.1) is 0 Å². The summed E-state index contributed by atoms with van der Waals surface area (Å²) in [5.41, 5.74) is 0.292. The van der Waals surface area contributed by atoms with E-state index in [9.17, 15) is 13.2 Å². The smallest absolute Gasteiger partial charge is 0.337 e. The van der Waals surface area contributed by atoms with Gasteiger partial charge in [0.2, 0.25) is 0 Å². The second-order valence-corrected chi connectivity index (χ2v) is 6.07. The third kappa shape index (κ3) is 3.50. The number of benzene rings is 1. The van der Waals surface area contributed by atoms with Crippen LogP contribution in [0.2, 0.25) is 5.02 Å². The maximum Gasteiger partial charge on any atom is 0.337 e. The molecule has 0 spiro atoms. The highest BCUT2D eigenvalue weighted by atomic mass is 35.5. The minimum atomic E-state index is -3.88. The number of sulfonamides is 1. The molecule has 6 nitrogen and oxygen atoms in total. The molecule has 0 saturated carbocycles. The van der Waals surface area contributed by atoms with Gasteiger partial charge in [0.25, 0.3) is 10.0 Å². The minimum Gasteiger partial charge on any atom is -0.465 e. The number of hydrogen-bond acceptors (Lipinski definition) is 5. The zero-order valence-corrected chi connectivity index (χ0v) is 12.5. The highest BCUT2D eigenvalue weighted by Gasteiger charge is 2.18. The molecule has 0 radical (unpaired) electrons. The van der Waals surface area contributed by atoms with E-state index < -0.39 is 16.0 Å². The molecule has 0 unspecified atom stereocenters. The zero-order chi connectivity index (χ0) is 15.5. The summed E-state index contributed by atoms with van der Waals surface area (Å²) in [6.07, 6.45) is 2.74. The van der Waals surface area contributed by atoms with Gasteiger partial charge in [-0.3, -0.25) is 9.71 Å². The summed E-state index contributed by atoms with van der Waals surface area (Å²) in [6, 6.07) is 6.95. The van der Waals surface area contributed by atoms with Crippen molar-refractivity contribution >= 4 is 33.3 Å². The topological polar surface area (TPSA) is 85.4 Å². The molecule has 2 rings (SSSR count). The molecule has 0 aliphatic carbocycles. The summed E-state index contributed by atoms with van der Waals surface area (Å²) in [5.74, 6) is -0.619. The van der Waals surface area contributed by atoms with Gasteiger partial charge in [0, 0.05) is 6.20 Å². The fraction of sp³-hybridized carbons (Fsp3) is 0.0769. The van der Waals surface area contributed by atoms with E-state index >= 15 is 0 Å². The van der Waals surface area contributed by atoms with Crippen molar-refractivity contribution < 1.29 is 17.9 Å². The van der Waals surface area contributed by atoms with Gasteiger partial charge in [0.15, 0.2) is 0 Å². The van der Waals surface area contributed by atoms with Gasteiger partial charge in [-0.05, 0) is 24.3 Å². The molecule has 0 aliphatic rings. The van der Waals surface area contributed by atoms with Crippen molar-refractivity contribution in [2.24, 2.45) is 0 Å². The van der Waals surface area contributed by atoms with Crippen LogP contribution >= 0.6 is 11.6 Å². The van der Waals surface area contributed by atoms with Gasteiger partial charge in [-0.2, -0.15) is 0 Å². The molecule has 0 bridgehead atoms. The maximum atomic E-state index is 12.3. The molecule has 0 amide bonds. The van der Waals surface area contributed by atoms with Crippen molar-refractivity contribution in [2.75, 3.05) is 11.8 Å². The first-order valence-electron chi connectivity index (χ1n) is 5.75. The number of anilines is 1. The molecule has 0 fully saturated rings. The van der Waals surface area contributed by atoms with Crippen LogP contribution in [0.25, 0.3) is 0 Å². The molecule has 1 aromatic heterocycles. The molecule has 1 N–H and O–H groups in total. The fourth-order valence-corrected chi connectivity index (χ4v) is 2.88. The number of methoxy groups -OCH3 is 1. The standard InChI is InChI=1S/C13H11ClN2O4S/c1-20-13(17)9-3-2-4-10(7-9)21(18,19)16-12-8-15-6-5-11(12)14/h2-8,16H,1H3. The Labute approximate surface area is 126 Å². The Balaban J connectivity index is 2.36. The number of nitrogens with one attached hydrogen (secondary N) is 1. The van der Waals surface area contributed by atoms with Crippen molar-refractivity contribution in [3.05, 3.63) is 53.3 Å². The van der Waals surface area contributed by atoms with Gasteiger partial charge in [0.1, 0.15) is 0 Å². The third-order valence-electron chi connectivity index (χ3n) is 2.58. The lowest BCUT2D eigenvalue weighted by atomic mass is 10.2. The predicted molar refractivity (Wildman–Crippen MR) is 77.8 cm³/mol. The van der Waals surface area contributed by atoms with Gasteiger partial charge >= 0.3 is 5.97 Å². The number of rotatable bonds is 4. The Morgan fingerprint density at radius 1 is 1.33 bits per heavy atom. The molecule has 21 heavy (non-hydrogen) atoms. The Hall–Kier alpha value is -2.12. The van der Waals surface area contributed by atoms with Crippen LogP contribution in [-0.4, -0.2) is 26.5 Å². The first kappa shape index (κ1) is 15.3. The Bertz CT molecular complexity index is 777. The minimum absolute atomic E-state index is 0.0784. The number of halogens is 1. The lowest BCUT2D eigenvalue weighted by Crippen LogP contribution is -2.14. The molecular weight excluding hydrogens is 316 g/mol. The summed E-state index contributed by atoms with van der Waals surface area (Å²) in [4.78, 5) is 15.2. The van der Waals surface area contributed by atoms with E-state index in [1.807, 2.05) is 0 Å². The van der Waals surface area contributed by atoms with Gasteiger partial charge < -0.3 is 4.74 Å². The molecule has 1 aromatic carbocycles. The van der Waals surface area contributed by atoms with Crippen LogP contribution < -0.4 is 4.72 Å². The number of ether oxygens (including phenoxy) is 1. The van der Waals surface area contributed by atoms with Crippen molar-refractivity contribution in [1.82, 2.24) is 4.98 Å². The number of pyridine rings is 1. The second-order valence-electron chi connectivity index (χ2n) is 3.98. The molecule has 0 aliphatic heterocycles. The van der Waals surface area contributed by atoms with Crippen LogP contribution in [0, 0.1) is 0 Å². The van der Waals surface area contributed by atoms with Gasteiger partial charge in [0.05, 0.1) is 34.5 Å². The van der Waals surface area contributed by atoms with Crippen molar-refractivity contribution in [3.63, 3.8) is 0 Å². The lowest BCUT2D eigenvalue weighted by Gasteiger charge is -2.09. The Kier molecular flexibility index (Phi) is 4.44. The average molecular weight is 327 g/mol. The Morgan fingerprint density at radius 2 is 2.10 bits per heavy atom. The molecule has 0 atom stereocenters. The first-order chi connectivity index (χ1) is 9.94. The van der Waals surface area contributed by atoms with E-state index in [1.165, 1.54) is 49.8 Å². The molecule has 8 heteroatoms. The summed E-state index contributed by atoms with van der Waals surface area (Å²) in [7, 11) is -2.66. The molecular formula is C13H11ClN2O4S. The van der Waals surface area contributed by atoms with Crippen LogP contribution in [0.1, 0.15) is 10.4 Å². The van der Waals surface area contributed by atoms with Crippen LogP contribution in [-0.2, 0) is 14.8 Å². The van der Waals surface area contributed by atoms with E-state index in [1.54, 1.807) is 0 Å². The normalized spacial score (nSPS) is 11.0. The van der Waals surface area contributed by atoms with Crippen molar-refractivity contribution in [1.29, 1.82) is 0 Å². The number of aromatic nitrogens is 1. The zero-order valence-electron chi connectivity index (χ0n) is 10.9. The van der Waals surface area contributed by atoms with E-state index in [0.29, 0.717) is 0 Å². The van der Waals surface area contributed by atoms with Crippen molar-refractivity contribution in [2.45, 2.75) is 4.90 Å². The van der Waals surface area contributed by atoms with Crippen LogP contribution in [0.4, 0.5) is 5.69 Å². The monoisotopic (exact) mass is 326 g/mol. The molecule has 110 valence electrons.